The van der Waals surface area contributed by atoms with Gasteiger partial charge in [-0.25, -0.2) is 4.79 Å². The third-order valence-corrected chi connectivity index (χ3v) is 4.59. The number of anilines is 1. The van der Waals surface area contributed by atoms with Crippen LogP contribution < -0.4 is 10.9 Å². The topological polar surface area (TPSA) is 77.4 Å². The highest BCUT2D eigenvalue weighted by Crippen LogP contribution is 2.16. The van der Waals surface area contributed by atoms with Crippen molar-refractivity contribution in [1.29, 1.82) is 0 Å². The number of carbonyl (C=O) groups is 2. The number of ether oxygens (including phenoxy) is 1. The molecule has 0 aliphatic rings. The van der Waals surface area contributed by atoms with Crippen molar-refractivity contribution in [3.05, 3.63) is 98.9 Å². The van der Waals surface area contributed by atoms with Crippen LogP contribution in [0.1, 0.15) is 33.2 Å². The van der Waals surface area contributed by atoms with Gasteiger partial charge in [-0.05, 0) is 55.0 Å². The molecule has 2 aromatic carbocycles. The minimum absolute atomic E-state index is 0.00835. The smallest absolute Gasteiger partial charge is 0.338 e. The molecule has 148 valence electrons. The second-order valence-corrected chi connectivity index (χ2v) is 6.61. The van der Waals surface area contributed by atoms with E-state index in [-0.39, 0.29) is 18.7 Å². The fourth-order valence-electron chi connectivity index (χ4n) is 2.75. The Labute approximate surface area is 172 Å². The second kappa shape index (κ2) is 9.21. The molecule has 29 heavy (non-hydrogen) atoms. The van der Waals surface area contributed by atoms with E-state index < -0.39 is 17.4 Å². The predicted molar refractivity (Wildman–Crippen MR) is 112 cm³/mol. The van der Waals surface area contributed by atoms with Crippen LogP contribution in [0.25, 0.3) is 0 Å². The molecule has 0 spiro atoms. The number of amides is 1. The molecule has 7 heteroatoms. The summed E-state index contributed by atoms with van der Waals surface area (Å²) in [6, 6.07) is 16.6. The lowest BCUT2D eigenvalue weighted by Crippen LogP contribution is -2.29. The van der Waals surface area contributed by atoms with Crippen LogP contribution in [-0.2, 0) is 11.3 Å². The van der Waals surface area contributed by atoms with Gasteiger partial charge in [-0.15, -0.1) is 0 Å². The summed E-state index contributed by atoms with van der Waals surface area (Å²) < 4.78 is 6.36. The number of nitrogens with zero attached hydrogens (tertiary/aromatic N) is 1. The van der Waals surface area contributed by atoms with Crippen LogP contribution in [0, 0.1) is 0 Å². The summed E-state index contributed by atoms with van der Waals surface area (Å²) in [4.78, 5) is 37.0. The van der Waals surface area contributed by atoms with E-state index in [2.05, 4.69) is 5.32 Å². The van der Waals surface area contributed by atoms with Crippen LogP contribution in [0.4, 0.5) is 5.69 Å². The van der Waals surface area contributed by atoms with Gasteiger partial charge in [-0.2, -0.15) is 0 Å². The number of carbonyl (C=O) groups excluding carboxylic acids is 2. The first kappa shape index (κ1) is 20.4. The van der Waals surface area contributed by atoms with Gasteiger partial charge in [0.25, 0.3) is 11.5 Å². The van der Waals surface area contributed by atoms with E-state index in [1.807, 2.05) is 18.2 Å². The maximum atomic E-state index is 12.7. The SMILES string of the molecule is CCOC(=O)c1ccc(NC(=O)c2cccn(Cc3ccccc3Cl)c2=O)cc1. The number of halogens is 1. The van der Waals surface area contributed by atoms with Gasteiger partial charge in [-0.1, -0.05) is 29.8 Å². The zero-order chi connectivity index (χ0) is 20.8. The van der Waals surface area contributed by atoms with Crippen LogP contribution >= 0.6 is 11.6 Å². The van der Waals surface area contributed by atoms with Crippen molar-refractivity contribution in [2.75, 3.05) is 11.9 Å². The number of nitrogens with one attached hydrogen (secondary N) is 1. The van der Waals surface area contributed by atoms with Crippen LogP contribution in [-0.4, -0.2) is 23.1 Å². The van der Waals surface area contributed by atoms with Gasteiger partial charge in [0.05, 0.1) is 18.7 Å². The fraction of sp³-hybridized carbons (Fsp3) is 0.136. The molecule has 3 rings (SSSR count). The van der Waals surface area contributed by atoms with Crippen molar-refractivity contribution < 1.29 is 14.3 Å². The number of rotatable bonds is 6. The van der Waals surface area contributed by atoms with E-state index in [0.717, 1.165) is 5.56 Å². The number of esters is 1. The van der Waals surface area contributed by atoms with E-state index in [9.17, 15) is 14.4 Å². The van der Waals surface area contributed by atoms with Gasteiger partial charge >= 0.3 is 5.97 Å². The van der Waals surface area contributed by atoms with Gasteiger partial charge in [0.2, 0.25) is 0 Å². The summed E-state index contributed by atoms with van der Waals surface area (Å²) in [5, 5.41) is 3.22. The van der Waals surface area contributed by atoms with E-state index in [0.29, 0.717) is 16.3 Å². The number of pyridine rings is 1. The van der Waals surface area contributed by atoms with Crippen molar-refractivity contribution in [3.8, 4) is 0 Å². The average molecular weight is 411 g/mol. The fourth-order valence-corrected chi connectivity index (χ4v) is 2.94. The molecule has 0 bridgehead atoms. The minimum atomic E-state index is -0.535. The standard InChI is InChI=1S/C22H19ClN2O4/c1-2-29-22(28)15-9-11-17(12-10-15)24-20(26)18-7-5-13-25(21(18)27)14-16-6-3-4-8-19(16)23/h3-13H,2,14H2,1H3,(H,24,26). The molecule has 0 atom stereocenters. The van der Waals surface area contributed by atoms with Gasteiger partial charge in [-0.3, -0.25) is 9.59 Å². The lowest BCUT2D eigenvalue weighted by atomic mass is 10.2. The Morgan fingerprint density at radius 3 is 2.45 bits per heavy atom. The molecular formula is C22H19ClN2O4. The molecule has 1 aromatic heterocycles. The van der Waals surface area contributed by atoms with Gasteiger partial charge in [0.15, 0.2) is 0 Å². The largest absolute Gasteiger partial charge is 0.462 e. The zero-order valence-corrected chi connectivity index (χ0v) is 16.5. The molecule has 0 unspecified atom stereocenters. The Morgan fingerprint density at radius 1 is 1.03 bits per heavy atom. The molecule has 0 radical (unpaired) electrons. The molecule has 0 fully saturated rings. The molecule has 1 heterocycles. The third kappa shape index (κ3) is 4.92. The monoisotopic (exact) mass is 410 g/mol. The summed E-state index contributed by atoms with van der Waals surface area (Å²) in [5.74, 6) is -0.969. The summed E-state index contributed by atoms with van der Waals surface area (Å²) in [6.45, 7) is 2.27. The first-order chi connectivity index (χ1) is 14.0. The van der Waals surface area contributed by atoms with Crippen molar-refractivity contribution in [3.63, 3.8) is 0 Å². The van der Waals surface area contributed by atoms with Crippen LogP contribution in [0.2, 0.25) is 5.02 Å². The van der Waals surface area contributed by atoms with Crippen molar-refractivity contribution in [2.24, 2.45) is 0 Å². The Hall–Kier alpha value is -3.38. The van der Waals surface area contributed by atoms with Gasteiger partial charge in [0.1, 0.15) is 5.56 Å². The third-order valence-electron chi connectivity index (χ3n) is 4.22. The number of hydrogen-bond acceptors (Lipinski definition) is 4. The highest BCUT2D eigenvalue weighted by Gasteiger charge is 2.14. The van der Waals surface area contributed by atoms with Gasteiger partial charge < -0.3 is 14.6 Å². The van der Waals surface area contributed by atoms with Crippen molar-refractivity contribution >= 4 is 29.2 Å². The van der Waals surface area contributed by atoms with Crippen molar-refractivity contribution in [1.82, 2.24) is 4.57 Å². The molecule has 0 aliphatic heterocycles. The Kier molecular flexibility index (Phi) is 6.46. The Morgan fingerprint density at radius 2 is 1.76 bits per heavy atom. The lowest BCUT2D eigenvalue weighted by Gasteiger charge is -2.10. The molecule has 6 nitrogen and oxygen atoms in total. The molecule has 0 aliphatic carbocycles. The minimum Gasteiger partial charge on any atom is -0.462 e. The van der Waals surface area contributed by atoms with Crippen LogP contribution in [0.3, 0.4) is 0 Å². The summed E-state index contributed by atoms with van der Waals surface area (Å²) in [6.07, 6.45) is 1.61. The molecule has 0 saturated heterocycles. The van der Waals surface area contributed by atoms with E-state index in [4.69, 9.17) is 16.3 Å². The molecule has 3 aromatic rings. The molecule has 1 N–H and O–H groups in total. The lowest BCUT2D eigenvalue weighted by molar-refractivity contribution is 0.0526. The van der Waals surface area contributed by atoms with Gasteiger partial charge in [0, 0.05) is 16.9 Å². The highest BCUT2D eigenvalue weighted by molar-refractivity contribution is 6.31. The number of benzene rings is 2. The maximum Gasteiger partial charge on any atom is 0.338 e. The zero-order valence-electron chi connectivity index (χ0n) is 15.7. The first-order valence-electron chi connectivity index (χ1n) is 9.01. The van der Waals surface area contributed by atoms with E-state index in [1.165, 1.54) is 10.6 Å². The predicted octanol–water partition coefficient (Wildman–Crippen LogP) is 3.98. The van der Waals surface area contributed by atoms with Crippen LogP contribution in [0.15, 0.2) is 71.7 Å². The maximum absolute atomic E-state index is 12.7. The van der Waals surface area contributed by atoms with E-state index in [1.54, 1.807) is 49.5 Å². The highest BCUT2D eigenvalue weighted by atomic mass is 35.5. The Bertz CT molecular complexity index is 1090. The van der Waals surface area contributed by atoms with Crippen molar-refractivity contribution in [2.45, 2.75) is 13.5 Å². The molecular weight excluding hydrogens is 392 g/mol. The quantitative estimate of drug-likeness (QED) is 0.623. The first-order valence-corrected chi connectivity index (χ1v) is 9.38. The Balaban J connectivity index is 1.77. The molecule has 1 amide bonds. The summed E-state index contributed by atoms with van der Waals surface area (Å²) >= 11 is 6.16. The normalized spacial score (nSPS) is 10.4. The average Bonchev–Trinajstić information content (AvgIpc) is 2.72. The number of hydrogen-bond donors (Lipinski definition) is 1. The molecule has 0 saturated carbocycles. The van der Waals surface area contributed by atoms with Crippen LogP contribution in [0.5, 0.6) is 0 Å². The summed E-state index contributed by atoms with van der Waals surface area (Å²) in [7, 11) is 0. The summed E-state index contributed by atoms with van der Waals surface area (Å²) in [5.41, 5.74) is 1.21. The second-order valence-electron chi connectivity index (χ2n) is 6.20. The van der Waals surface area contributed by atoms with E-state index >= 15 is 0 Å². The number of aromatic nitrogens is 1.